The molecule has 42 heavy (non-hydrogen) atoms. The first kappa shape index (κ1) is 27.9. The molecule has 0 radical (unpaired) electrons. The van der Waals surface area contributed by atoms with Crippen molar-refractivity contribution in [1.29, 1.82) is 10.8 Å². The van der Waals surface area contributed by atoms with E-state index in [0.29, 0.717) is 5.56 Å². The Labute approximate surface area is 242 Å². The maximum atomic E-state index is 13.8. The summed E-state index contributed by atoms with van der Waals surface area (Å²) in [5.41, 5.74) is -0.210. The summed E-state index contributed by atoms with van der Waals surface area (Å²) >= 11 is 0. The van der Waals surface area contributed by atoms with Crippen LogP contribution in [0.25, 0.3) is 0 Å². The Morgan fingerprint density at radius 2 is 1.79 bits per heavy atom. The van der Waals surface area contributed by atoms with Crippen molar-refractivity contribution in [1.82, 2.24) is 31.1 Å². The van der Waals surface area contributed by atoms with Crippen molar-refractivity contribution in [3.8, 4) is 0 Å². The fourth-order valence-corrected chi connectivity index (χ4v) is 6.96. The molecule has 4 fully saturated rings. The maximum Gasteiger partial charge on any atom is 0.252 e. The summed E-state index contributed by atoms with van der Waals surface area (Å²) < 4.78 is 0. The molecule has 2 amide bonds. The van der Waals surface area contributed by atoms with Gasteiger partial charge in [0.15, 0.2) is 17.6 Å². The summed E-state index contributed by atoms with van der Waals surface area (Å²) in [7, 11) is 0. The minimum atomic E-state index is -2.66. The van der Waals surface area contributed by atoms with Gasteiger partial charge in [-0.05, 0) is 17.2 Å². The number of nitrogens with one attached hydrogen (secondary N) is 6. The van der Waals surface area contributed by atoms with E-state index in [1.165, 1.54) is 9.80 Å². The first-order valence-corrected chi connectivity index (χ1v) is 14.0. The van der Waals surface area contributed by atoms with E-state index in [4.69, 9.17) is 10.8 Å². The molecule has 2 aromatic carbocycles. The fraction of sp³-hybridized carbons (Fsp3) is 0.448. The van der Waals surface area contributed by atoms with Crippen LogP contribution in [0.3, 0.4) is 0 Å². The molecule has 4 aliphatic rings. The van der Waals surface area contributed by atoms with E-state index in [0.717, 1.165) is 11.1 Å². The van der Waals surface area contributed by atoms with Gasteiger partial charge in [-0.15, -0.1) is 0 Å². The predicted molar refractivity (Wildman–Crippen MR) is 152 cm³/mol. The van der Waals surface area contributed by atoms with Gasteiger partial charge in [0.25, 0.3) is 5.91 Å². The fourth-order valence-electron chi connectivity index (χ4n) is 6.96. The van der Waals surface area contributed by atoms with Crippen LogP contribution in [0.15, 0.2) is 54.6 Å². The van der Waals surface area contributed by atoms with Gasteiger partial charge in [-0.1, -0.05) is 62.4 Å². The van der Waals surface area contributed by atoms with Crippen molar-refractivity contribution < 1.29 is 24.9 Å². The third-order valence-corrected chi connectivity index (χ3v) is 9.23. The number of guanidine groups is 2. The zero-order chi connectivity index (χ0) is 30.0. The molecule has 5 atom stereocenters. The normalized spacial score (nSPS) is 29.9. The predicted octanol–water partition coefficient (Wildman–Crippen LogP) is -0.853. The summed E-state index contributed by atoms with van der Waals surface area (Å²) in [6, 6.07) is 14.0. The second-order valence-corrected chi connectivity index (χ2v) is 12.0. The number of rotatable bonds is 6. The van der Waals surface area contributed by atoms with E-state index in [9.17, 15) is 24.9 Å². The minimum Gasteiger partial charge on any atom is -0.374 e. The number of aliphatic hydroxyl groups is 3. The van der Waals surface area contributed by atoms with Crippen LogP contribution in [-0.2, 0) is 10.2 Å². The van der Waals surface area contributed by atoms with E-state index in [2.05, 4.69) is 21.3 Å². The summed E-state index contributed by atoms with van der Waals surface area (Å²) in [6.45, 7) is 3.86. The van der Waals surface area contributed by atoms with Gasteiger partial charge in [-0.25, -0.2) is 0 Å². The Morgan fingerprint density at radius 1 is 1.10 bits per heavy atom. The Morgan fingerprint density at radius 3 is 2.48 bits per heavy atom. The van der Waals surface area contributed by atoms with Crippen LogP contribution in [0.2, 0.25) is 0 Å². The topological polar surface area (TPSA) is 197 Å². The van der Waals surface area contributed by atoms with Gasteiger partial charge in [-0.3, -0.25) is 20.4 Å². The highest BCUT2D eigenvalue weighted by Gasteiger charge is 2.74. The standard InChI is InChI=1S/C29H36N8O5/c1-27(2,16-8-4-3-5-9-16)18-11-7-6-10-17(18)24(40)33-20-15-37-26(31)32-19(14-36-21(38)12-13-22(36)39)23-28(37,29(20,41)42)35-25(30)34-23/h3-11,19-21,23,38,41-42H,12-15H2,1-2H3,(H2,31,32)(H,33,40)(H3,30,34,35). The van der Waals surface area contributed by atoms with E-state index in [-0.39, 0.29) is 43.8 Å². The molecule has 0 bridgehead atoms. The lowest BCUT2D eigenvalue weighted by Crippen LogP contribution is -2.81. The SMILES string of the molecule is CC(C)(c1ccccc1)c1ccccc1C(=O)NC1CN2C(=N)NC(CN3C(=O)CCC3O)C3NC(=N)NC32C1(O)O. The first-order valence-electron chi connectivity index (χ1n) is 14.0. The van der Waals surface area contributed by atoms with Crippen molar-refractivity contribution in [3.05, 3.63) is 71.3 Å². The summed E-state index contributed by atoms with van der Waals surface area (Å²) in [5.74, 6) is -3.79. The van der Waals surface area contributed by atoms with Crippen LogP contribution in [0.1, 0.15) is 48.2 Å². The number of aliphatic hydroxyl groups excluding tert-OH is 1. The summed E-state index contributed by atoms with van der Waals surface area (Å²) in [4.78, 5) is 28.9. The van der Waals surface area contributed by atoms with Crippen LogP contribution in [-0.4, -0.2) is 97.7 Å². The molecule has 222 valence electrons. The molecule has 4 saturated heterocycles. The number of carbonyl (C=O) groups excluding carboxylic acids is 2. The highest BCUT2D eigenvalue weighted by molar-refractivity contribution is 5.97. The van der Waals surface area contributed by atoms with E-state index < -0.39 is 47.1 Å². The number of amides is 2. The molecule has 0 aliphatic carbocycles. The highest BCUT2D eigenvalue weighted by atomic mass is 16.5. The molecule has 4 aliphatic heterocycles. The van der Waals surface area contributed by atoms with Gasteiger partial charge in [-0.2, -0.15) is 0 Å². The number of carbonyl (C=O) groups is 2. The zero-order valence-corrected chi connectivity index (χ0v) is 23.4. The molecule has 5 unspecified atom stereocenters. The van der Waals surface area contributed by atoms with Crippen molar-refractivity contribution in [3.63, 3.8) is 0 Å². The molecule has 4 heterocycles. The smallest absolute Gasteiger partial charge is 0.252 e. The van der Waals surface area contributed by atoms with E-state index >= 15 is 0 Å². The van der Waals surface area contributed by atoms with Crippen LogP contribution in [0, 0.1) is 10.8 Å². The van der Waals surface area contributed by atoms with Gasteiger partial charge >= 0.3 is 0 Å². The second-order valence-electron chi connectivity index (χ2n) is 12.0. The average molecular weight is 577 g/mol. The third kappa shape index (κ3) is 4.02. The largest absolute Gasteiger partial charge is 0.374 e. The van der Waals surface area contributed by atoms with Crippen LogP contribution >= 0.6 is 0 Å². The zero-order valence-electron chi connectivity index (χ0n) is 23.4. The molecule has 6 rings (SSSR count). The van der Waals surface area contributed by atoms with Crippen LogP contribution in [0.5, 0.6) is 0 Å². The second kappa shape index (κ2) is 9.68. The molecular formula is C29H36N8O5. The molecule has 13 nitrogen and oxygen atoms in total. The van der Waals surface area contributed by atoms with Gasteiger partial charge in [0.2, 0.25) is 11.7 Å². The monoisotopic (exact) mass is 576 g/mol. The van der Waals surface area contributed by atoms with Crippen molar-refractivity contribution in [2.45, 2.75) is 67.9 Å². The molecule has 2 aromatic rings. The number of benzene rings is 2. The summed E-state index contributed by atoms with van der Waals surface area (Å²) in [5, 5.41) is 62.5. The van der Waals surface area contributed by atoms with Gasteiger partial charge in [0, 0.05) is 36.9 Å². The van der Waals surface area contributed by atoms with Crippen LogP contribution in [0.4, 0.5) is 0 Å². The van der Waals surface area contributed by atoms with Crippen molar-refractivity contribution >= 4 is 23.7 Å². The number of hydrogen-bond donors (Lipinski definition) is 9. The Balaban J connectivity index is 1.31. The molecule has 9 N–H and O–H groups in total. The highest BCUT2D eigenvalue weighted by Crippen LogP contribution is 2.43. The van der Waals surface area contributed by atoms with Gasteiger partial charge < -0.3 is 46.4 Å². The lowest BCUT2D eigenvalue weighted by Gasteiger charge is -2.51. The number of likely N-dealkylation sites (tertiary alicyclic amines) is 1. The van der Waals surface area contributed by atoms with Crippen molar-refractivity contribution in [2.24, 2.45) is 0 Å². The summed E-state index contributed by atoms with van der Waals surface area (Å²) in [6.07, 6.45) is -0.511. The molecule has 0 saturated carbocycles. The Hall–Kier alpha value is -4.20. The molecular weight excluding hydrogens is 540 g/mol. The van der Waals surface area contributed by atoms with Crippen LogP contribution < -0.4 is 21.3 Å². The lowest BCUT2D eigenvalue weighted by molar-refractivity contribution is -0.232. The maximum absolute atomic E-state index is 13.8. The minimum absolute atomic E-state index is 0.0281. The average Bonchev–Trinajstić information content (AvgIpc) is 3.56. The Kier molecular flexibility index (Phi) is 6.44. The number of hydrogen-bond acceptors (Lipinski definition) is 7. The van der Waals surface area contributed by atoms with Gasteiger partial charge in [0.1, 0.15) is 12.3 Å². The third-order valence-electron chi connectivity index (χ3n) is 9.23. The molecule has 0 aromatic heterocycles. The molecule has 13 heteroatoms. The van der Waals surface area contributed by atoms with Gasteiger partial charge in [0.05, 0.1) is 12.1 Å². The number of nitrogens with zero attached hydrogens (tertiary/aromatic N) is 2. The quantitative estimate of drug-likeness (QED) is 0.197. The van der Waals surface area contributed by atoms with Crippen molar-refractivity contribution in [2.75, 3.05) is 13.1 Å². The first-order chi connectivity index (χ1) is 19.9. The molecule has 1 spiro atoms. The Bertz CT molecular complexity index is 1450. The van der Waals surface area contributed by atoms with E-state index in [1.807, 2.05) is 56.3 Å². The lowest BCUT2D eigenvalue weighted by atomic mass is 9.76. The van der Waals surface area contributed by atoms with E-state index in [1.54, 1.807) is 12.1 Å².